The average molecular weight is 292 g/mol. The highest BCUT2D eigenvalue weighted by atomic mass is 16.5. The molecule has 1 heterocycles. The van der Waals surface area contributed by atoms with Crippen LogP contribution in [0.25, 0.3) is 0 Å². The number of hydrogen-bond donors (Lipinski definition) is 2. The van der Waals surface area contributed by atoms with E-state index >= 15 is 0 Å². The number of hydrogen-bond acceptors (Lipinski definition) is 5. The van der Waals surface area contributed by atoms with Gasteiger partial charge in [-0.3, -0.25) is 9.69 Å². The van der Waals surface area contributed by atoms with Gasteiger partial charge in [-0.15, -0.1) is 0 Å². The third-order valence-corrected chi connectivity index (χ3v) is 3.70. The van der Waals surface area contributed by atoms with Gasteiger partial charge in [-0.05, 0) is 31.4 Å². The van der Waals surface area contributed by atoms with Crippen LogP contribution in [-0.4, -0.2) is 48.3 Å². The molecular weight excluding hydrogens is 268 g/mol. The molecule has 1 aliphatic rings. The lowest BCUT2D eigenvalue weighted by Crippen LogP contribution is -2.35. The van der Waals surface area contributed by atoms with Crippen LogP contribution in [0.2, 0.25) is 0 Å². The molecule has 0 saturated carbocycles. The number of nitrogens with zero attached hydrogens (tertiary/aromatic N) is 1. The smallest absolute Gasteiger partial charge is 0.325 e. The number of carbonyl (C=O) groups is 1. The highest BCUT2D eigenvalue weighted by Gasteiger charge is 2.17. The molecule has 0 radical (unpaired) electrons. The number of aliphatic hydroxyl groups excluding tert-OH is 1. The summed E-state index contributed by atoms with van der Waals surface area (Å²) in [4.78, 5) is 13.8. The highest BCUT2D eigenvalue weighted by molar-refractivity contribution is 5.75. The Labute approximate surface area is 125 Å². The molecule has 0 unspecified atom stereocenters. The number of para-hydroxylation sites is 1. The molecule has 116 valence electrons. The van der Waals surface area contributed by atoms with E-state index in [9.17, 15) is 9.90 Å². The van der Waals surface area contributed by atoms with Gasteiger partial charge in [-0.25, -0.2) is 0 Å². The van der Waals surface area contributed by atoms with Gasteiger partial charge in [0.25, 0.3) is 0 Å². The minimum absolute atomic E-state index is 0.154. The lowest BCUT2D eigenvalue weighted by Gasteiger charge is -2.30. The van der Waals surface area contributed by atoms with Crippen molar-refractivity contribution in [2.45, 2.75) is 32.4 Å². The minimum atomic E-state index is -0.242. The summed E-state index contributed by atoms with van der Waals surface area (Å²) in [6.45, 7) is 5.04. The van der Waals surface area contributed by atoms with Crippen molar-refractivity contribution in [2.24, 2.45) is 0 Å². The summed E-state index contributed by atoms with van der Waals surface area (Å²) in [6, 6.07) is 8.01. The summed E-state index contributed by atoms with van der Waals surface area (Å²) in [7, 11) is 0. The third-order valence-electron chi connectivity index (χ3n) is 3.70. The molecule has 21 heavy (non-hydrogen) atoms. The van der Waals surface area contributed by atoms with Crippen molar-refractivity contribution in [3.05, 3.63) is 29.8 Å². The molecule has 1 fully saturated rings. The van der Waals surface area contributed by atoms with Crippen LogP contribution in [0.4, 0.5) is 5.69 Å². The van der Waals surface area contributed by atoms with Crippen LogP contribution < -0.4 is 5.32 Å². The number of piperidine rings is 1. The molecule has 1 aliphatic heterocycles. The first-order valence-corrected chi connectivity index (χ1v) is 7.57. The molecule has 0 bridgehead atoms. The molecule has 2 N–H and O–H groups in total. The Balaban J connectivity index is 1.92. The highest BCUT2D eigenvalue weighted by Crippen LogP contribution is 2.19. The number of likely N-dealkylation sites (tertiary alicyclic amines) is 1. The van der Waals surface area contributed by atoms with Crippen LogP contribution in [0.5, 0.6) is 0 Å². The lowest BCUT2D eigenvalue weighted by molar-refractivity contribution is -0.140. The van der Waals surface area contributed by atoms with Crippen LogP contribution in [0.15, 0.2) is 24.3 Å². The van der Waals surface area contributed by atoms with E-state index in [4.69, 9.17) is 4.74 Å². The molecule has 5 nitrogen and oxygen atoms in total. The maximum Gasteiger partial charge on any atom is 0.325 e. The minimum Gasteiger partial charge on any atom is -0.465 e. The molecule has 5 heteroatoms. The molecule has 0 spiro atoms. The summed E-state index contributed by atoms with van der Waals surface area (Å²) >= 11 is 0. The fourth-order valence-electron chi connectivity index (χ4n) is 2.53. The topological polar surface area (TPSA) is 61.8 Å². The second kappa shape index (κ2) is 8.00. The molecule has 1 aromatic carbocycles. The van der Waals surface area contributed by atoms with Gasteiger partial charge >= 0.3 is 5.97 Å². The number of benzene rings is 1. The van der Waals surface area contributed by atoms with Crippen LogP contribution in [-0.2, 0) is 16.1 Å². The number of anilines is 1. The number of rotatable bonds is 6. The Morgan fingerprint density at radius 1 is 1.38 bits per heavy atom. The Kier molecular flexibility index (Phi) is 6.02. The number of nitrogens with one attached hydrogen (secondary N) is 1. The van der Waals surface area contributed by atoms with Gasteiger partial charge in [0.1, 0.15) is 6.54 Å². The maximum absolute atomic E-state index is 11.4. The molecular formula is C16H24N2O3. The third kappa shape index (κ3) is 5.02. The lowest BCUT2D eigenvalue weighted by atomic mass is 10.1. The van der Waals surface area contributed by atoms with Gasteiger partial charge in [0.05, 0.1) is 12.7 Å². The van der Waals surface area contributed by atoms with E-state index in [1.165, 1.54) is 0 Å². The standard InChI is InChI=1S/C16H24N2O3/c1-2-21-16(20)11-17-15-6-4-3-5-13(15)12-18-9-7-14(19)8-10-18/h3-6,14,17,19H,2,7-12H2,1H3. The summed E-state index contributed by atoms with van der Waals surface area (Å²) in [5.74, 6) is -0.242. The van der Waals surface area contributed by atoms with E-state index in [0.717, 1.165) is 43.7 Å². The van der Waals surface area contributed by atoms with E-state index in [-0.39, 0.29) is 18.6 Å². The molecule has 0 aliphatic carbocycles. The second-order valence-electron chi connectivity index (χ2n) is 5.32. The zero-order valence-corrected chi connectivity index (χ0v) is 12.5. The van der Waals surface area contributed by atoms with E-state index in [2.05, 4.69) is 16.3 Å². The van der Waals surface area contributed by atoms with Crippen molar-refractivity contribution in [3.8, 4) is 0 Å². The first-order chi connectivity index (χ1) is 10.2. The fourth-order valence-corrected chi connectivity index (χ4v) is 2.53. The van der Waals surface area contributed by atoms with E-state index in [1.54, 1.807) is 6.92 Å². The molecule has 1 saturated heterocycles. The molecule has 1 aromatic rings. The zero-order valence-electron chi connectivity index (χ0n) is 12.5. The number of aliphatic hydroxyl groups is 1. The fraction of sp³-hybridized carbons (Fsp3) is 0.562. The van der Waals surface area contributed by atoms with Gasteiger partial charge in [0.15, 0.2) is 0 Å². The van der Waals surface area contributed by atoms with Crippen molar-refractivity contribution in [2.75, 3.05) is 31.6 Å². The Hall–Kier alpha value is -1.59. The van der Waals surface area contributed by atoms with Gasteiger partial charge in [0, 0.05) is 25.3 Å². The molecule has 0 amide bonds. The van der Waals surface area contributed by atoms with Crippen LogP contribution in [0.1, 0.15) is 25.3 Å². The van der Waals surface area contributed by atoms with Crippen molar-refractivity contribution in [3.63, 3.8) is 0 Å². The predicted molar refractivity (Wildman–Crippen MR) is 82.1 cm³/mol. The quantitative estimate of drug-likeness (QED) is 0.780. The Morgan fingerprint density at radius 3 is 2.81 bits per heavy atom. The van der Waals surface area contributed by atoms with Gasteiger partial charge in [-0.1, -0.05) is 18.2 Å². The first kappa shape index (κ1) is 15.8. The molecule has 2 rings (SSSR count). The van der Waals surface area contributed by atoms with Crippen LogP contribution in [0, 0.1) is 0 Å². The van der Waals surface area contributed by atoms with Crippen molar-refractivity contribution in [1.82, 2.24) is 4.90 Å². The summed E-state index contributed by atoms with van der Waals surface area (Å²) in [5.41, 5.74) is 2.13. The van der Waals surface area contributed by atoms with Crippen molar-refractivity contribution < 1.29 is 14.6 Å². The Bertz CT molecular complexity index is 457. The van der Waals surface area contributed by atoms with Crippen LogP contribution in [0.3, 0.4) is 0 Å². The molecule has 0 atom stereocenters. The van der Waals surface area contributed by atoms with E-state index in [1.807, 2.05) is 18.2 Å². The summed E-state index contributed by atoms with van der Waals surface area (Å²) in [5, 5.41) is 12.7. The number of esters is 1. The number of carbonyl (C=O) groups excluding carboxylic acids is 1. The monoisotopic (exact) mass is 292 g/mol. The van der Waals surface area contributed by atoms with Crippen LogP contribution >= 0.6 is 0 Å². The zero-order chi connectivity index (χ0) is 15.1. The van der Waals surface area contributed by atoms with Gasteiger partial charge < -0.3 is 15.2 Å². The average Bonchev–Trinajstić information content (AvgIpc) is 2.49. The van der Waals surface area contributed by atoms with Gasteiger partial charge in [-0.2, -0.15) is 0 Å². The first-order valence-electron chi connectivity index (χ1n) is 7.57. The maximum atomic E-state index is 11.4. The van der Waals surface area contributed by atoms with Crippen molar-refractivity contribution >= 4 is 11.7 Å². The number of ether oxygens (including phenoxy) is 1. The Morgan fingerprint density at radius 2 is 2.10 bits per heavy atom. The second-order valence-corrected chi connectivity index (χ2v) is 5.32. The molecule has 0 aromatic heterocycles. The SMILES string of the molecule is CCOC(=O)CNc1ccccc1CN1CCC(O)CC1. The van der Waals surface area contributed by atoms with E-state index < -0.39 is 0 Å². The summed E-state index contributed by atoms with van der Waals surface area (Å²) in [6.07, 6.45) is 1.51. The normalized spacial score (nSPS) is 16.7. The largest absolute Gasteiger partial charge is 0.465 e. The predicted octanol–water partition coefficient (Wildman–Crippen LogP) is 1.62. The van der Waals surface area contributed by atoms with E-state index in [0.29, 0.717) is 6.61 Å². The summed E-state index contributed by atoms with van der Waals surface area (Å²) < 4.78 is 4.93. The van der Waals surface area contributed by atoms with Crippen molar-refractivity contribution in [1.29, 1.82) is 0 Å². The van der Waals surface area contributed by atoms with Gasteiger partial charge in [0.2, 0.25) is 0 Å².